The zero-order valence-corrected chi connectivity index (χ0v) is 14.7. The van der Waals surface area contributed by atoms with Gasteiger partial charge in [-0.1, -0.05) is 6.07 Å². The monoisotopic (exact) mass is 384 g/mol. The molecule has 0 aliphatic heterocycles. The Kier molecular flexibility index (Phi) is 4.25. The minimum absolute atomic E-state index is 0.0145. The number of aromatic nitrogens is 2. The highest BCUT2D eigenvalue weighted by atomic mass is 32.2. The Hall–Kier alpha value is -2.08. The fraction of sp³-hybridized carbons (Fsp3) is 0.0769. The molecule has 0 fully saturated rings. The molecule has 0 saturated carbocycles. The van der Waals surface area contributed by atoms with Crippen LogP contribution in [0.15, 0.2) is 52.3 Å². The number of benzene rings is 2. The molecule has 0 radical (unpaired) electrons. The van der Waals surface area contributed by atoms with Crippen molar-refractivity contribution < 1.29 is 16.8 Å². The highest BCUT2D eigenvalue weighted by Crippen LogP contribution is 2.24. The molecule has 126 valence electrons. The number of anilines is 1. The van der Waals surface area contributed by atoms with Gasteiger partial charge >= 0.3 is 0 Å². The molecular weight excluding hydrogens is 372 g/mol. The number of rotatable bonds is 5. The Bertz CT molecular complexity index is 1090. The van der Waals surface area contributed by atoms with Gasteiger partial charge in [-0.15, -0.1) is 0 Å². The van der Waals surface area contributed by atoms with Crippen molar-refractivity contribution in [2.75, 3.05) is 11.8 Å². The summed E-state index contributed by atoms with van der Waals surface area (Å²) in [5.74, 6) is 0. The van der Waals surface area contributed by atoms with E-state index in [9.17, 15) is 16.8 Å². The number of hydrogen-bond acceptors (Lipinski definition) is 7. The van der Waals surface area contributed by atoms with Gasteiger partial charge in [-0.3, -0.25) is 4.72 Å². The smallest absolute Gasteiger partial charge is 0.264 e. The summed E-state index contributed by atoms with van der Waals surface area (Å²) in [6.07, 6.45) is 0. The first-order chi connectivity index (χ1) is 11.3. The van der Waals surface area contributed by atoms with Crippen molar-refractivity contribution in [2.45, 2.75) is 9.79 Å². The molecule has 0 bridgehead atoms. The van der Waals surface area contributed by atoms with Crippen molar-refractivity contribution in [1.82, 2.24) is 13.5 Å². The topological polar surface area (TPSA) is 118 Å². The molecule has 3 rings (SSSR count). The fourth-order valence-corrected chi connectivity index (χ4v) is 4.58. The van der Waals surface area contributed by atoms with Crippen molar-refractivity contribution in [2.24, 2.45) is 0 Å². The molecule has 0 amide bonds. The van der Waals surface area contributed by atoms with Gasteiger partial charge in [0.25, 0.3) is 10.0 Å². The normalized spacial score (nSPS) is 12.4. The molecule has 1 heterocycles. The third kappa shape index (κ3) is 3.11. The molecule has 2 N–H and O–H groups in total. The molecule has 8 nitrogen and oxygen atoms in total. The SMILES string of the molecule is CNS(=O)(=O)c1ccc(NS(=O)(=O)c2cccc3nsnc23)cc1. The van der Waals surface area contributed by atoms with Crippen molar-refractivity contribution >= 4 is 48.5 Å². The second-order valence-electron chi connectivity index (χ2n) is 4.73. The first kappa shape index (κ1) is 16.8. The maximum atomic E-state index is 12.5. The van der Waals surface area contributed by atoms with Crippen molar-refractivity contribution in [3.8, 4) is 0 Å². The van der Waals surface area contributed by atoms with Crippen LogP contribution in [0.2, 0.25) is 0 Å². The first-order valence-electron chi connectivity index (χ1n) is 6.61. The molecule has 2 aromatic carbocycles. The van der Waals surface area contributed by atoms with Gasteiger partial charge in [0.1, 0.15) is 15.9 Å². The molecule has 3 aromatic rings. The Morgan fingerprint density at radius 2 is 1.62 bits per heavy atom. The Balaban J connectivity index is 1.94. The average Bonchev–Trinajstić information content (AvgIpc) is 3.03. The van der Waals surface area contributed by atoms with E-state index in [0.29, 0.717) is 11.0 Å². The van der Waals surface area contributed by atoms with Crippen molar-refractivity contribution in [3.63, 3.8) is 0 Å². The summed E-state index contributed by atoms with van der Waals surface area (Å²) in [6.45, 7) is 0. The second kappa shape index (κ2) is 6.09. The summed E-state index contributed by atoms with van der Waals surface area (Å²) in [6, 6.07) is 10.1. The number of hydrogen-bond donors (Lipinski definition) is 2. The average molecular weight is 384 g/mol. The van der Waals surface area contributed by atoms with Crippen LogP contribution in [0.3, 0.4) is 0 Å². The second-order valence-corrected chi connectivity index (χ2v) is 8.79. The van der Waals surface area contributed by atoms with E-state index < -0.39 is 20.0 Å². The van der Waals surface area contributed by atoms with Crippen LogP contribution in [0.5, 0.6) is 0 Å². The molecule has 0 aliphatic rings. The van der Waals surface area contributed by atoms with E-state index in [1.165, 1.54) is 37.4 Å². The summed E-state index contributed by atoms with van der Waals surface area (Å²) < 4.78 is 61.1. The van der Waals surface area contributed by atoms with Crippen LogP contribution in [0.4, 0.5) is 5.69 Å². The minimum atomic E-state index is -3.87. The Morgan fingerprint density at radius 3 is 2.29 bits per heavy atom. The molecular formula is C13H12N4O4S3. The van der Waals surface area contributed by atoms with E-state index in [1.807, 2.05) is 0 Å². The van der Waals surface area contributed by atoms with E-state index in [-0.39, 0.29) is 15.5 Å². The molecule has 0 aliphatic carbocycles. The third-order valence-corrected chi connectivity index (χ3v) is 6.61. The molecule has 11 heteroatoms. The van der Waals surface area contributed by atoms with Gasteiger partial charge in [0.05, 0.1) is 16.6 Å². The predicted molar refractivity (Wildman–Crippen MR) is 90.9 cm³/mol. The summed E-state index contributed by atoms with van der Waals surface area (Å²) in [7, 11) is -6.15. The summed E-state index contributed by atoms with van der Waals surface area (Å²) in [5, 5.41) is 0. The van der Waals surface area contributed by atoms with Gasteiger partial charge in [-0.25, -0.2) is 21.6 Å². The van der Waals surface area contributed by atoms with Crippen LogP contribution in [0, 0.1) is 0 Å². The zero-order valence-electron chi connectivity index (χ0n) is 12.3. The van der Waals surface area contributed by atoms with Crippen LogP contribution in [0.1, 0.15) is 0 Å². The summed E-state index contributed by atoms with van der Waals surface area (Å²) in [4.78, 5) is 0.0550. The number of nitrogens with one attached hydrogen (secondary N) is 2. The van der Waals surface area contributed by atoms with E-state index >= 15 is 0 Å². The lowest BCUT2D eigenvalue weighted by Crippen LogP contribution is -2.18. The lowest BCUT2D eigenvalue weighted by molar-refractivity contribution is 0.588. The van der Waals surface area contributed by atoms with E-state index in [1.54, 1.807) is 12.1 Å². The number of fused-ring (bicyclic) bond motifs is 1. The van der Waals surface area contributed by atoms with Gasteiger partial charge in [-0.05, 0) is 43.4 Å². The van der Waals surface area contributed by atoms with E-state index in [0.717, 1.165) is 11.7 Å². The molecule has 0 atom stereocenters. The fourth-order valence-electron chi connectivity index (χ4n) is 2.03. The number of sulfonamides is 2. The van der Waals surface area contributed by atoms with Gasteiger partial charge in [0.2, 0.25) is 10.0 Å². The van der Waals surface area contributed by atoms with Crippen molar-refractivity contribution in [1.29, 1.82) is 0 Å². The lowest BCUT2D eigenvalue weighted by atomic mass is 10.3. The van der Waals surface area contributed by atoms with Crippen LogP contribution in [-0.4, -0.2) is 32.6 Å². The van der Waals surface area contributed by atoms with Crippen LogP contribution >= 0.6 is 11.7 Å². The van der Waals surface area contributed by atoms with Crippen LogP contribution in [-0.2, 0) is 20.0 Å². The van der Waals surface area contributed by atoms with Crippen LogP contribution in [0.25, 0.3) is 11.0 Å². The largest absolute Gasteiger partial charge is 0.280 e. The Morgan fingerprint density at radius 1 is 0.917 bits per heavy atom. The van der Waals surface area contributed by atoms with Crippen molar-refractivity contribution in [3.05, 3.63) is 42.5 Å². The number of nitrogens with zero attached hydrogens (tertiary/aromatic N) is 2. The van der Waals surface area contributed by atoms with Gasteiger partial charge < -0.3 is 0 Å². The quantitative estimate of drug-likeness (QED) is 0.686. The molecule has 24 heavy (non-hydrogen) atoms. The standard InChI is InChI=1S/C13H12N4O4S3/c1-14-23(18,19)10-7-5-9(6-8-10)17-24(20,21)12-4-2-3-11-13(12)16-22-15-11/h2-8,14,17H,1H3. The molecule has 1 aromatic heterocycles. The van der Waals surface area contributed by atoms with E-state index in [4.69, 9.17) is 0 Å². The van der Waals surface area contributed by atoms with Crippen LogP contribution < -0.4 is 9.44 Å². The third-order valence-electron chi connectivity index (χ3n) is 3.22. The summed E-state index contributed by atoms with van der Waals surface area (Å²) in [5.41, 5.74) is 1.04. The predicted octanol–water partition coefficient (Wildman–Crippen LogP) is 1.40. The first-order valence-corrected chi connectivity index (χ1v) is 10.3. The summed E-state index contributed by atoms with van der Waals surface area (Å²) >= 11 is 0.931. The van der Waals surface area contributed by atoms with Gasteiger partial charge in [0, 0.05) is 5.69 Å². The van der Waals surface area contributed by atoms with Gasteiger partial charge in [-0.2, -0.15) is 8.75 Å². The maximum Gasteiger partial charge on any atom is 0.264 e. The molecule has 0 saturated heterocycles. The highest BCUT2D eigenvalue weighted by molar-refractivity contribution is 7.93. The molecule has 0 spiro atoms. The van der Waals surface area contributed by atoms with E-state index in [2.05, 4.69) is 18.2 Å². The van der Waals surface area contributed by atoms with Gasteiger partial charge in [0.15, 0.2) is 0 Å². The lowest BCUT2D eigenvalue weighted by Gasteiger charge is -2.09. The Labute approximate surface area is 143 Å². The zero-order chi connectivity index (χ0) is 17.4. The molecule has 0 unspecified atom stereocenters. The maximum absolute atomic E-state index is 12.5. The highest BCUT2D eigenvalue weighted by Gasteiger charge is 2.20. The minimum Gasteiger partial charge on any atom is -0.280 e.